The van der Waals surface area contributed by atoms with Gasteiger partial charge < -0.3 is 20.5 Å². The molecule has 22 heavy (non-hydrogen) atoms. The van der Waals surface area contributed by atoms with Crippen LogP contribution >= 0.6 is 0 Å². The van der Waals surface area contributed by atoms with Crippen molar-refractivity contribution in [2.75, 3.05) is 11.9 Å². The predicted octanol–water partition coefficient (Wildman–Crippen LogP) is 1.64. The van der Waals surface area contributed by atoms with Crippen LogP contribution in [0.15, 0.2) is 36.7 Å². The maximum absolute atomic E-state index is 12.5. The molecule has 0 saturated heterocycles. The van der Waals surface area contributed by atoms with Gasteiger partial charge in [0, 0.05) is 13.6 Å². The highest BCUT2D eigenvalue weighted by molar-refractivity contribution is 5.35. The van der Waals surface area contributed by atoms with E-state index in [-0.39, 0.29) is 18.2 Å². The zero-order valence-corrected chi connectivity index (χ0v) is 11.5. The third-order valence-electron chi connectivity index (χ3n) is 2.92. The summed E-state index contributed by atoms with van der Waals surface area (Å²) in [6.45, 7) is 0.281. The first-order valence-electron chi connectivity index (χ1n) is 6.18. The predicted molar refractivity (Wildman–Crippen MR) is 72.9 cm³/mol. The van der Waals surface area contributed by atoms with Crippen molar-refractivity contribution in [3.63, 3.8) is 0 Å². The normalized spacial score (nSPS) is 11.8. The topological polar surface area (TPSA) is 79.6 Å². The summed E-state index contributed by atoms with van der Waals surface area (Å²) in [5.41, 5.74) is -0.219. The van der Waals surface area contributed by atoms with Crippen LogP contribution in [0.3, 0.4) is 0 Å². The van der Waals surface area contributed by atoms with Crippen molar-refractivity contribution in [3.8, 4) is 0 Å². The van der Waals surface area contributed by atoms with Gasteiger partial charge >= 0.3 is 6.18 Å². The van der Waals surface area contributed by atoms with Gasteiger partial charge in [0.2, 0.25) is 5.95 Å². The van der Waals surface area contributed by atoms with Crippen LogP contribution < -0.4 is 10.1 Å². The van der Waals surface area contributed by atoms with E-state index in [1.54, 1.807) is 11.9 Å². The number of alkyl halides is 3. The summed E-state index contributed by atoms with van der Waals surface area (Å²) >= 11 is 0. The van der Waals surface area contributed by atoms with Gasteiger partial charge in [0.05, 0.1) is 18.0 Å². The Bertz CT molecular complexity index is 615. The Kier molecular flexibility index (Phi) is 4.59. The van der Waals surface area contributed by atoms with Crippen molar-refractivity contribution in [3.05, 3.63) is 58.2 Å². The van der Waals surface area contributed by atoms with E-state index in [2.05, 4.69) is 9.97 Å². The maximum atomic E-state index is 12.5. The van der Waals surface area contributed by atoms with Gasteiger partial charge in [0.15, 0.2) is 5.69 Å². The number of benzene rings is 1. The molecule has 0 atom stereocenters. The number of halogens is 3. The highest BCUT2D eigenvalue weighted by Gasteiger charge is 2.29. The molecule has 0 fully saturated rings. The standard InChI is InChI=1S/C13H12F3N4O2/c1-19(12-17-6-11(7-18-12)20(21)22)8-9-2-4-10(5-3-9)13(14,15)16/h2-7,20H,8H2,1H3/q-1. The summed E-state index contributed by atoms with van der Waals surface area (Å²) in [4.78, 5) is 9.32. The second-order valence-electron chi connectivity index (χ2n) is 4.61. The third kappa shape index (κ3) is 3.91. The highest BCUT2D eigenvalue weighted by Crippen LogP contribution is 2.29. The van der Waals surface area contributed by atoms with Crippen LogP contribution in [-0.4, -0.2) is 17.0 Å². The Morgan fingerprint density at radius 3 is 2.09 bits per heavy atom. The van der Waals surface area contributed by atoms with Gasteiger partial charge in [-0.2, -0.15) is 13.2 Å². The molecule has 9 heteroatoms. The molecule has 0 unspecified atom stereocenters. The molecule has 2 rings (SSSR count). The monoisotopic (exact) mass is 313 g/mol. The van der Waals surface area contributed by atoms with Crippen LogP contribution in [0.4, 0.5) is 24.8 Å². The summed E-state index contributed by atoms with van der Waals surface area (Å²) in [5, 5.41) is 19.8. The van der Waals surface area contributed by atoms with Crippen LogP contribution in [0.1, 0.15) is 11.1 Å². The lowest BCUT2D eigenvalue weighted by molar-refractivity contribution is -0.715. The van der Waals surface area contributed by atoms with Crippen molar-refractivity contribution < 1.29 is 18.4 Å². The summed E-state index contributed by atoms with van der Waals surface area (Å²) in [6, 6.07) is 4.75. The Hall–Kier alpha value is -2.23. The second kappa shape index (κ2) is 6.26. The Balaban J connectivity index is 2.06. The minimum absolute atomic E-state index is 0.147. The van der Waals surface area contributed by atoms with Gasteiger partial charge in [0.1, 0.15) is 0 Å². The van der Waals surface area contributed by atoms with Crippen LogP contribution in [0.25, 0.3) is 0 Å². The number of rotatable bonds is 4. The smallest absolute Gasteiger partial charge is 0.416 e. The molecule has 0 spiro atoms. The fourth-order valence-corrected chi connectivity index (χ4v) is 1.77. The lowest BCUT2D eigenvalue weighted by Gasteiger charge is -2.24. The summed E-state index contributed by atoms with van der Waals surface area (Å²) in [6.07, 6.45) is -2.14. The minimum Gasteiger partial charge on any atom is -0.628 e. The van der Waals surface area contributed by atoms with Crippen molar-refractivity contribution in [1.29, 1.82) is 0 Å². The largest absolute Gasteiger partial charge is 0.628 e. The first kappa shape index (κ1) is 16.1. The van der Waals surface area contributed by atoms with E-state index in [4.69, 9.17) is 0 Å². The lowest BCUT2D eigenvalue weighted by Crippen LogP contribution is -2.96. The van der Waals surface area contributed by atoms with E-state index in [1.165, 1.54) is 12.1 Å². The molecule has 0 aliphatic carbocycles. The molecule has 0 amide bonds. The van der Waals surface area contributed by atoms with Crippen LogP contribution in [0.2, 0.25) is 0 Å². The summed E-state index contributed by atoms with van der Waals surface area (Å²) < 4.78 is 37.4. The number of nitrogens with one attached hydrogen (secondary N) is 1. The zero-order valence-electron chi connectivity index (χ0n) is 11.5. The van der Waals surface area contributed by atoms with Crippen molar-refractivity contribution in [1.82, 2.24) is 9.97 Å². The van der Waals surface area contributed by atoms with Crippen LogP contribution in [0.5, 0.6) is 0 Å². The van der Waals surface area contributed by atoms with Crippen LogP contribution in [-0.2, 0) is 12.7 Å². The number of nitrogens with zero attached hydrogens (tertiary/aromatic N) is 3. The molecule has 0 aliphatic heterocycles. The molecule has 2 aromatic rings. The number of hydrogen-bond acceptors (Lipinski definition) is 5. The van der Waals surface area contributed by atoms with Crippen molar-refractivity contribution in [2.24, 2.45) is 0 Å². The fourth-order valence-electron chi connectivity index (χ4n) is 1.77. The molecule has 118 valence electrons. The molecule has 0 saturated carbocycles. The molecule has 1 N–H and O–H groups in total. The van der Waals surface area contributed by atoms with Gasteiger partial charge in [-0.15, -0.1) is 0 Å². The number of quaternary nitrogens is 1. The molecule has 1 aromatic heterocycles. The van der Waals surface area contributed by atoms with Crippen LogP contribution in [0, 0.1) is 10.4 Å². The molecule has 1 heterocycles. The van der Waals surface area contributed by atoms with Gasteiger partial charge in [-0.25, -0.2) is 9.97 Å². The molecule has 6 nitrogen and oxygen atoms in total. The molecule has 1 aromatic carbocycles. The average molecular weight is 313 g/mol. The van der Waals surface area contributed by atoms with Gasteiger partial charge in [-0.3, -0.25) is 0 Å². The molecular formula is C13H12F3N4O2-. The molecule has 0 radical (unpaired) electrons. The Morgan fingerprint density at radius 1 is 1.09 bits per heavy atom. The van der Waals surface area contributed by atoms with Gasteiger partial charge in [-0.1, -0.05) is 12.1 Å². The number of hydrogen-bond donors (Lipinski definition) is 1. The highest BCUT2D eigenvalue weighted by atomic mass is 19.4. The minimum atomic E-state index is -4.37. The van der Waals surface area contributed by atoms with E-state index in [0.29, 0.717) is 5.56 Å². The average Bonchev–Trinajstić information content (AvgIpc) is 2.47. The van der Waals surface area contributed by atoms with E-state index >= 15 is 0 Å². The zero-order chi connectivity index (χ0) is 16.3. The first-order chi connectivity index (χ1) is 10.3. The number of anilines is 1. The third-order valence-corrected chi connectivity index (χ3v) is 2.92. The molecule has 0 aliphatic rings. The van der Waals surface area contributed by atoms with E-state index in [9.17, 15) is 23.6 Å². The lowest BCUT2D eigenvalue weighted by atomic mass is 10.1. The number of aromatic nitrogens is 2. The van der Waals surface area contributed by atoms with Crippen molar-refractivity contribution in [2.45, 2.75) is 12.7 Å². The Labute approximate surface area is 124 Å². The van der Waals surface area contributed by atoms with Gasteiger partial charge in [0.25, 0.3) is 0 Å². The SMILES string of the molecule is CN(Cc1ccc(C(F)(F)F)cc1)c1ncc([NH+]([O-])[O-])cn1. The maximum Gasteiger partial charge on any atom is 0.416 e. The quantitative estimate of drug-likeness (QED) is 0.868. The van der Waals surface area contributed by atoms with E-state index < -0.39 is 17.0 Å². The summed E-state index contributed by atoms with van der Waals surface area (Å²) in [5.74, 6) is 0.255. The fraction of sp³-hybridized carbons (Fsp3) is 0.231. The van der Waals surface area contributed by atoms with E-state index in [1.807, 2.05) is 0 Å². The second-order valence-corrected chi connectivity index (χ2v) is 4.61. The summed E-state index contributed by atoms with van der Waals surface area (Å²) in [7, 11) is 1.64. The first-order valence-corrected chi connectivity index (χ1v) is 6.18. The van der Waals surface area contributed by atoms with Crippen molar-refractivity contribution >= 4 is 11.6 Å². The Morgan fingerprint density at radius 2 is 1.64 bits per heavy atom. The molecule has 0 bridgehead atoms. The molecular weight excluding hydrogens is 301 g/mol. The van der Waals surface area contributed by atoms with E-state index in [0.717, 1.165) is 24.5 Å². The van der Waals surface area contributed by atoms with Gasteiger partial charge in [-0.05, 0) is 17.7 Å².